The highest BCUT2D eigenvalue weighted by Gasteiger charge is 2.21. The van der Waals surface area contributed by atoms with Crippen LogP contribution in [0.1, 0.15) is 32.8 Å². The molecule has 0 bridgehead atoms. The predicted molar refractivity (Wildman–Crippen MR) is 63.9 cm³/mol. The van der Waals surface area contributed by atoms with Crippen molar-refractivity contribution in [3.05, 3.63) is 29.6 Å². The number of hydrogen-bond donors (Lipinski definition) is 1. The zero-order valence-corrected chi connectivity index (χ0v) is 10.4. The van der Waals surface area contributed by atoms with Gasteiger partial charge in [0.2, 0.25) is 0 Å². The molecule has 1 aromatic carbocycles. The lowest BCUT2D eigenvalue weighted by Gasteiger charge is -2.34. The van der Waals surface area contributed by atoms with Crippen LogP contribution >= 0.6 is 0 Å². The average Bonchev–Trinajstić information content (AvgIpc) is 2.15. The minimum absolute atomic E-state index is 0.0160. The summed E-state index contributed by atoms with van der Waals surface area (Å²) in [6.45, 7) is 7.05. The lowest BCUT2D eigenvalue weighted by atomic mass is 9.99. The molecule has 0 heterocycles. The number of phenols is 1. The van der Waals surface area contributed by atoms with E-state index in [0.717, 1.165) is 18.1 Å². The first-order valence-corrected chi connectivity index (χ1v) is 5.55. The maximum atomic E-state index is 13.1. The van der Waals surface area contributed by atoms with Crippen LogP contribution in [0.3, 0.4) is 0 Å². The lowest BCUT2D eigenvalue weighted by Crippen LogP contribution is -2.39. The molecular formula is C13H20FNO. The summed E-state index contributed by atoms with van der Waals surface area (Å²) >= 11 is 0. The van der Waals surface area contributed by atoms with Crippen molar-refractivity contribution in [2.24, 2.45) is 0 Å². The van der Waals surface area contributed by atoms with E-state index in [1.165, 1.54) is 6.07 Å². The van der Waals surface area contributed by atoms with E-state index in [2.05, 4.69) is 25.7 Å². The minimum atomic E-state index is -0.391. The summed E-state index contributed by atoms with van der Waals surface area (Å²) in [4.78, 5) is 2.15. The highest BCUT2D eigenvalue weighted by atomic mass is 19.1. The van der Waals surface area contributed by atoms with E-state index in [1.807, 2.05) is 7.05 Å². The van der Waals surface area contributed by atoms with Crippen LogP contribution in [0.5, 0.6) is 5.75 Å². The first kappa shape index (κ1) is 13.0. The van der Waals surface area contributed by atoms with Crippen molar-refractivity contribution < 1.29 is 9.50 Å². The van der Waals surface area contributed by atoms with Crippen LogP contribution in [0.4, 0.5) is 4.39 Å². The summed E-state index contributed by atoms with van der Waals surface area (Å²) in [5.41, 5.74) is 0.864. The van der Waals surface area contributed by atoms with Gasteiger partial charge in [0.05, 0.1) is 0 Å². The van der Waals surface area contributed by atoms with E-state index in [-0.39, 0.29) is 11.3 Å². The fourth-order valence-electron chi connectivity index (χ4n) is 1.48. The molecule has 0 saturated heterocycles. The monoisotopic (exact) mass is 225 g/mol. The SMILES string of the molecule is CCC(C)(C)N(C)Cc1cc(O)cc(F)c1. The van der Waals surface area contributed by atoms with Gasteiger partial charge in [0.15, 0.2) is 0 Å². The number of rotatable bonds is 4. The van der Waals surface area contributed by atoms with Gasteiger partial charge in [-0.05, 0) is 45.0 Å². The third kappa shape index (κ3) is 3.20. The third-order valence-electron chi connectivity index (χ3n) is 3.26. The van der Waals surface area contributed by atoms with Crippen molar-refractivity contribution in [2.45, 2.75) is 39.3 Å². The van der Waals surface area contributed by atoms with Crippen LogP contribution in [-0.2, 0) is 6.54 Å². The predicted octanol–water partition coefficient (Wildman–Crippen LogP) is 3.15. The highest BCUT2D eigenvalue weighted by Crippen LogP contribution is 2.21. The second kappa shape index (κ2) is 4.83. The molecular weight excluding hydrogens is 205 g/mol. The molecule has 0 radical (unpaired) electrons. The van der Waals surface area contributed by atoms with Crippen LogP contribution in [0, 0.1) is 5.82 Å². The molecule has 0 saturated carbocycles. The molecule has 0 spiro atoms. The van der Waals surface area contributed by atoms with Crippen molar-refractivity contribution in [3.8, 4) is 5.75 Å². The summed E-state index contributed by atoms with van der Waals surface area (Å²) in [5, 5.41) is 9.31. The van der Waals surface area contributed by atoms with E-state index in [0.29, 0.717) is 6.54 Å². The van der Waals surface area contributed by atoms with Crippen LogP contribution in [0.25, 0.3) is 0 Å². The molecule has 2 nitrogen and oxygen atoms in total. The van der Waals surface area contributed by atoms with Gasteiger partial charge in [-0.15, -0.1) is 0 Å². The second-order valence-corrected chi connectivity index (χ2v) is 4.84. The number of phenolic OH excluding ortho intramolecular Hbond substituents is 1. The Kier molecular flexibility index (Phi) is 3.92. The van der Waals surface area contributed by atoms with Gasteiger partial charge in [-0.1, -0.05) is 6.92 Å². The molecule has 0 aromatic heterocycles. The molecule has 16 heavy (non-hydrogen) atoms. The Morgan fingerprint density at radius 3 is 2.44 bits per heavy atom. The number of aromatic hydroxyl groups is 1. The lowest BCUT2D eigenvalue weighted by molar-refractivity contribution is 0.143. The zero-order chi connectivity index (χ0) is 12.3. The van der Waals surface area contributed by atoms with Crippen molar-refractivity contribution in [1.29, 1.82) is 0 Å². The summed E-state index contributed by atoms with van der Waals surface area (Å²) in [6, 6.07) is 4.18. The number of nitrogens with zero attached hydrogens (tertiary/aromatic N) is 1. The van der Waals surface area contributed by atoms with Gasteiger partial charge in [0, 0.05) is 18.2 Å². The Hall–Kier alpha value is -1.09. The third-order valence-corrected chi connectivity index (χ3v) is 3.26. The standard InChI is InChI=1S/C13H20FNO/c1-5-13(2,3)15(4)9-10-6-11(14)8-12(16)7-10/h6-8,16H,5,9H2,1-4H3. The number of halogens is 1. The maximum Gasteiger partial charge on any atom is 0.127 e. The maximum absolute atomic E-state index is 13.1. The van der Waals surface area contributed by atoms with Gasteiger partial charge < -0.3 is 5.11 Å². The van der Waals surface area contributed by atoms with Crippen LogP contribution in [0.15, 0.2) is 18.2 Å². The van der Waals surface area contributed by atoms with E-state index >= 15 is 0 Å². The smallest absolute Gasteiger partial charge is 0.127 e. The fraction of sp³-hybridized carbons (Fsp3) is 0.538. The van der Waals surface area contributed by atoms with Gasteiger partial charge in [-0.3, -0.25) is 4.90 Å². The van der Waals surface area contributed by atoms with Crippen molar-refractivity contribution in [3.63, 3.8) is 0 Å². The largest absolute Gasteiger partial charge is 0.508 e. The summed E-state index contributed by atoms with van der Waals surface area (Å²) in [7, 11) is 2.01. The second-order valence-electron chi connectivity index (χ2n) is 4.84. The van der Waals surface area contributed by atoms with Gasteiger partial charge in [-0.2, -0.15) is 0 Å². The Morgan fingerprint density at radius 2 is 1.94 bits per heavy atom. The normalized spacial score (nSPS) is 12.1. The molecule has 90 valence electrons. The Balaban J connectivity index is 2.80. The molecule has 0 aliphatic carbocycles. The average molecular weight is 225 g/mol. The first-order chi connectivity index (χ1) is 7.35. The number of hydrogen-bond acceptors (Lipinski definition) is 2. The molecule has 1 aromatic rings. The molecule has 0 aliphatic heterocycles. The van der Waals surface area contributed by atoms with E-state index < -0.39 is 5.82 Å². The zero-order valence-electron chi connectivity index (χ0n) is 10.4. The summed E-state index contributed by atoms with van der Waals surface area (Å²) in [5.74, 6) is -0.407. The molecule has 1 N–H and O–H groups in total. The molecule has 0 unspecified atom stereocenters. The topological polar surface area (TPSA) is 23.5 Å². The quantitative estimate of drug-likeness (QED) is 0.851. The van der Waals surface area contributed by atoms with Gasteiger partial charge >= 0.3 is 0 Å². The fourth-order valence-corrected chi connectivity index (χ4v) is 1.48. The first-order valence-electron chi connectivity index (χ1n) is 5.55. The van der Waals surface area contributed by atoms with Crippen molar-refractivity contribution in [2.75, 3.05) is 7.05 Å². The molecule has 0 aliphatic rings. The van der Waals surface area contributed by atoms with Crippen LogP contribution in [-0.4, -0.2) is 22.6 Å². The molecule has 3 heteroatoms. The van der Waals surface area contributed by atoms with Crippen molar-refractivity contribution in [1.82, 2.24) is 4.90 Å². The highest BCUT2D eigenvalue weighted by molar-refractivity contribution is 5.28. The van der Waals surface area contributed by atoms with Gasteiger partial charge in [-0.25, -0.2) is 4.39 Å². The molecule has 0 atom stereocenters. The van der Waals surface area contributed by atoms with Crippen molar-refractivity contribution >= 4 is 0 Å². The van der Waals surface area contributed by atoms with Gasteiger partial charge in [0.1, 0.15) is 11.6 Å². The molecule has 0 amide bonds. The van der Waals surface area contributed by atoms with Crippen LogP contribution < -0.4 is 0 Å². The van der Waals surface area contributed by atoms with E-state index in [9.17, 15) is 9.50 Å². The number of benzene rings is 1. The summed E-state index contributed by atoms with van der Waals surface area (Å²) in [6.07, 6.45) is 1.02. The van der Waals surface area contributed by atoms with Gasteiger partial charge in [0.25, 0.3) is 0 Å². The van der Waals surface area contributed by atoms with E-state index in [4.69, 9.17) is 0 Å². The molecule has 0 fully saturated rings. The van der Waals surface area contributed by atoms with Crippen LogP contribution in [0.2, 0.25) is 0 Å². The minimum Gasteiger partial charge on any atom is -0.508 e. The van der Waals surface area contributed by atoms with E-state index in [1.54, 1.807) is 6.07 Å². The molecule has 1 rings (SSSR count). The Morgan fingerprint density at radius 1 is 1.31 bits per heavy atom. The Bertz CT molecular complexity index is 343. The summed E-state index contributed by atoms with van der Waals surface area (Å²) < 4.78 is 13.1. The Labute approximate surface area is 96.7 Å².